The number of carbonyl (C=O) groups excluding carboxylic acids is 1. The molecule has 0 unspecified atom stereocenters. The lowest BCUT2D eigenvalue weighted by molar-refractivity contribution is -0.114. The van der Waals surface area contributed by atoms with Crippen molar-refractivity contribution in [3.05, 3.63) is 66.8 Å². The Morgan fingerprint density at radius 1 is 1.41 bits per heavy atom. The van der Waals surface area contributed by atoms with Crippen LogP contribution in [0.4, 0.5) is 0 Å². The van der Waals surface area contributed by atoms with Crippen LogP contribution in [0.5, 0.6) is 0 Å². The smallest absolute Gasteiger partial charge is 0.230 e. The van der Waals surface area contributed by atoms with Crippen LogP contribution >= 0.6 is 0 Å². The van der Waals surface area contributed by atoms with Crippen molar-refractivity contribution < 1.29 is 14.3 Å². The summed E-state index contributed by atoms with van der Waals surface area (Å²) in [6.45, 7) is 7.88. The molecule has 142 valence electrons. The zero-order valence-electron chi connectivity index (χ0n) is 15.6. The minimum atomic E-state index is -0.347. The number of para-hydroxylation sites is 1. The summed E-state index contributed by atoms with van der Waals surface area (Å²) in [5.41, 5.74) is 1.69. The maximum absolute atomic E-state index is 12.9. The van der Waals surface area contributed by atoms with Crippen molar-refractivity contribution in [2.45, 2.75) is 6.92 Å². The molecule has 1 fully saturated rings. The van der Waals surface area contributed by atoms with E-state index in [2.05, 4.69) is 18.6 Å². The van der Waals surface area contributed by atoms with Gasteiger partial charge in [0.05, 0.1) is 44.1 Å². The number of hydrogen-bond donors (Lipinski definition) is 1. The molecule has 0 radical (unpaired) electrons. The number of nitrogens with zero attached hydrogens (tertiary/aromatic N) is 3. The van der Waals surface area contributed by atoms with Crippen LogP contribution in [0.25, 0.3) is 11.3 Å². The molecule has 2 N–H and O–H groups in total. The van der Waals surface area contributed by atoms with Gasteiger partial charge in [0, 0.05) is 17.5 Å². The SMILES string of the molecule is C=C(C(=O)/C(=C\N(N)CC1(C)COC1)OC)c1ccnn1-c1ccccc1. The minimum Gasteiger partial charge on any atom is -0.491 e. The summed E-state index contributed by atoms with van der Waals surface area (Å²) < 4.78 is 12.2. The van der Waals surface area contributed by atoms with Crippen LogP contribution in [0.15, 0.2) is 61.1 Å². The number of hydrazine groups is 1. The molecular weight excluding hydrogens is 344 g/mol. The monoisotopic (exact) mass is 368 g/mol. The molecule has 0 atom stereocenters. The van der Waals surface area contributed by atoms with Gasteiger partial charge in [-0.2, -0.15) is 5.10 Å². The average molecular weight is 368 g/mol. The van der Waals surface area contributed by atoms with Gasteiger partial charge in [-0.1, -0.05) is 31.7 Å². The van der Waals surface area contributed by atoms with Crippen LogP contribution in [0.3, 0.4) is 0 Å². The van der Waals surface area contributed by atoms with E-state index in [4.69, 9.17) is 15.3 Å². The molecule has 0 spiro atoms. The molecule has 0 aliphatic carbocycles. The number of aromatic nitrogens is 2. The number of benzene rings is 1. The van der Waals surface area contributed by atoms with Gasteiger partial charge in [0.15, 0.2) is 5.76 Å². The second kappa shape index (κ2) is 7.77. The van der Waals surface area contributed by atoms with E-state index in [9.17, 15) is 4.79 Å². The molecule has 1 aliphatic heterocycles. The minimum absolute atomic E-state index is 0.0178. The summed E-state index contributed by atoms with van der Waals surface area (Å²) in [6.07, 6.45) is 3.13. The van der Waals surface area contributed by atoms with Crippen molar-refractivity contribution >= 4 is 11.4 Å². The third-order valence-electron chi connectivity index (χ3n) is 4.42. The summed E-state index contributed by atoms with van der Waals surface area (Å²) in [7, 11) is 1.44. The van der Waals surface area contributed by atoms with E-state index in [-0.39, 0.29) is 22.5 Å². The molecule has 2 aromatic rings. The summed E-state index contributed by atoms with van der Waals surface area (Å²) in [6, 6.07) is 11.3. The molecule has 1 aromatic carbocycles. The Hall–Kier alpha value is -2.90. The number of hydrogen-bond acceptors (Lipinski definition) is 6. The Balaban J connectivity index is 1.79. The number of carbonyl (C=O) groups is 1. The maximum Gasteiger partial charge on any atom is 0.230 e. The quantitative estimate of drug-likeness (QED) is 0.333. The predicted octanol–water partition coefficient (Wildman–Crippen LogP) is 2.15. The lowest BCUT2D eigenvalue weighted by Gasteiger charge is -2.40. The Morgan fingerprint density at radius 2 is 2.11 bits per heavy atom. The van der Waals surface area contributed by atoms with Gasteiger partial charge in [-0.3, -0.25) is 4.79 Å². The maximum atomic E-state index is 12.9. The van der Waals surface area contributed by atoms with E-state index < -0.39 is 0 Å². The highest BCUT2D eigenvalue weighted by atomic mass is 16.5. The molecule has 27 heavy (non-hydrogen) atoms. The van der Waals surface area contributed by atoms with Gasteiger partial charge in [-0.25, -0.2) is 10.5 Å². The molecule has 2 heterocycles. The van der Waals surface area contributed by atoms with Crippen LogP contribution < -0.4 is 5.84 Å². The number of ketones is 1. The first-order valence-corrected chi connectivity index (χ1v) is 8.62. The van der Waals surface area contributed by atoms with Gasteiger partial charge in [0.2, 0.25) is 5.78 Å². The fraction of sp³-hybridized carbons (Fsp3) is 0.300. The van der Waals surface area contributed by atoms with Gasteiger partial charge in [0.1, 0.15) is 0 Å². The van der Waals surface area contributed by atoms with E-state index >= 15 is 0 Å². The molecule has 7 nitrogen and oxygen atoms in total. The third-order valence-corrected chi connectivity index (χ3v) is 4.42. The highest BCUT2D eigenvalue weighted by Crippen LogP contribution is 2.27. The van der Waals surface area contributed by atoms with Crippen LogP contribution in [0.1, 0.15) is 12.6 Å². The average Bonchev–Trinajstić information content (AvgIpc) is 3.14. The molecule has 1 aliphatic rings. The van der Waals surface area contributed by atoms with Crippen LogP contribution in [0.2, 0.25) is 0 Å². The fourth-order valence-electron chi connectivity index (χ4n) is 2.95. The fourth-order valence-corrected chi connectivity index (χ4v) is 2.95. The van der Waals surface area contributed by atoms with Crippen molar-refractivity contribution in [3.8, 4) is 5.69 Å². The summed E-state index contributed by atoms with van der Waals surface area (Å²) in [5.74, 6) is 5.82. The van der Waals surface area contributed by atoms with Gasteiger partial charge < -0.3 is 14.5 Å². The first-order valence-electron chi connectivity index (χ1n) is 8.62. The number of nitrogens with two attached hydrogens (primary N) is 1. The molecule has 0 amide bonds. The Labute approximate surface area is 158 Å². The lowest BCUT2D eigenvalue weighted by Crippen LogP contribution is -2.49. The Morgan fingerprint density at radius 3 is 2.70 bits per heavy atom. The number of allylic oxidation sites excluding steroid dienone is 1. The number of methoxy groups -OCH3 is 1. The third kappa shape index (κ3) is 4.10. The van der Waals surface area contributed by atoms with Crippen LogP contribution in [-0.2, 0) is 14.3 Å². The van der Waals surface area contributed by atoms with Gasteiger partial charge in [-0.05, 0) is 18.2 Å². The molecule has 1 aromatic heterocycles. The van der Waals surface area contributed by atoms with Gasteiger partial charge >= 0.3 is 0 Å². The number of ether oxygens (including phenoxy) is 2. The zero-order chi connectivity index (χ0) is 19.4. The van der Waals surface area contributed by atoms with Crippen LogP contribution in [0, 0.1) is 5.41 Å². The largest absolute Gasteiger partial charge is 0.491 e. The highest BCUT2D eigenvalue weighted by Gasteiger charge is 2.34. The summed E-state index contributed by atoms with van der Waals surface area (Å²) in [4.78, 5) is 12.9. The molecule has 7 heteroatoms. The molecular formula is C20H24N4O3. The van der Waals surface area contributed by atoms with Gasteiger partial charge in [-0.15, -0.1) is 0 Å². The van der Waals surface area contributed by atoms with E-state index in [1.54, 1.807) is 16.9 Å². The van der Waals surface area contributed by atoms with Crippen molar-refractivity contribution in [1.82, 2.24) is 14.8 Å². The zero-order valence-corrected chi connectivity index (χ0v) is 15.6. The first-order chi connectivity index (χ1) is 12.9. The molecule has 3 rings (SSSR count). The second-order valence-corrected chi connectivity index (χ2v) is 6.94. The first kappa shape index (κ1) is 18.9. The van der Waals surface area contributed by atoms with Crippen molar-refractivity contribution in [2.75, 3.05) is 26.9 Å². The predicted molar refractivity (Wildman–Crippen MR) is 103 cm³/mol. The Kier molecular flexibility index (Phi) is 5.43. The molecule has 0 saturated carbocycles. The second-order valence-electron chi connectivity index (χ2n) is 6.94. The van der Waals surface area contributed by atoms with Crippen molar-refractivity contribution in [3.63, 3.8) is 0 Å². The van der Waals surface area contributed by atoms with E-state index in [0.29, 0.717) is 25.5 Å². The van der Waals surface area contributed by atoms with Gasteiger partial charge in [0.25, 0.3) is 0 Å². The highest BCUT2D eigenvalue weighted by molar-refractivity contribution is 6.26. The van der Waals surface area contributed by atoms with E-state index in [0.717, 1.165) is 5.69 Å². The standard InChI is InChI=1S/C20H24N4O3/c1-15(17-9-10-22-24(17)16-7-5-4-6-8-16)19(25)18(26-3)11-23(21)12-20(2)13-27-14-20/h4-11H,1,12-14,21H2,2-3H3/b18-11+. The topological polar surface area (TPSA) is 82.6 Å². The number of Topliss-reactive ketones (excluding diaryl/α,β-unsaturated/α-hetero) is 1. The number of rotatable bonds is 8. The van der Waals surface area contributed by atoms with Crippen molar-refractivity contribution in [2.24, 2.45) is 11.3 Å². The van der Waals surface area contributed by atoms with E-state index in [1.807, 2.05) is 30.3 Å². The summed E-state index contributed by atoms with van der Waals surface area (Å²) in [5, 5.41) is 5.76. The molecule has 0 bridgehead atoms. The normalized spacial score (nSPS) is 15.7. The molecule has 1 saturated heterocycles. The summed E-state index contributed by atoms with van der Waals surface area (Å²) >= 11 is 0. The van der Waals surface area contributed by atoms with Crippen LogP contribution in [-0.4, -0.2) is 47.4 Å². The van der Waals surface area contributed by atoms with Crippen molar-refractivity contribution in [1.29, 1.82) is 0 Å². The lowest BCUT2D eigenvalue weighted by atomic mass is 9.88. The van der Waals surface area contributed by atoms with E-state index in [1.165, 1.54) is 18.3 Å². The Bertz CT molecular complexity index is 853.